The maximum Gasteiger partial charge on any atom is 0.265 e. The molecule has 3 rings (SSSR count). The Morgan fingerprint density at radius 3 is 3.33 bits per heavy atom. The van der Waals surface area contributed by atoms with Gasteiger partial charge in [0, 0.05) is 25.6 Å². The van der Waals surface area contributed by atoms with Gasteiger partial charge in [-0.1, -0.05) is 11.3 Å². The van der Waals surface area contributed by atoms with Gasteiger partial charge >= 0.3 is 0 Å². The van der Waals surface area contributed by atoms with Crippen LogP contribution in [0.15, 0.2) is 6.20 Å². The number of hydrogen-bond acceptors (Lipinski definition) is 5. The number of amides is 1. The Morgan fingerprint density at radius 1 is 1.78 bits per heavy atom. The number of carbonyl (C=O) groups excluding carboxylic acids is 1. The molecular formula is C12H17N3O2S. The smallest absolute Gasteiger partial charge is 0.265 e. The molecule has 0 aromatic carbocycles. The highest BCUT2D eigenvalue weighted by molar-refractivity contribution is 7.17. The summed E-state index contributed by atoms with van der Waals surface area (Å²) in [5, 5.41) is 13.8. The van der Waals surface area contributed by atoms with E-state index in [1.807, 2.05) is 11.8 Å². The van der Waals surface area contributed by atoms with Gasteiger partial charge in [-0.15, -0.1) is 0 Å². The number of fused-ring (bicyclic) bond motifs is 1. The van der Waals surface area contributed by atoms with E-state index in [9.17, 15) is 9.90 Å². The van der Waals surface area contributed by atoms with Crippen LogP contribution in [0.1, 0.15) is 29.4 Å². The van der Waals surface area contributed by atoms with Crippen molar-refractivity contribution in [3.05, 3.63) is 11.1 Å². The Labute approximate surface area is 110 Å². The molecule has 0 bridgehead atoms. The number of thiazole rings is 1. The molecule has 0 radical (unpaired) electrons. The summed E-state index contributed by atoms with van der Waals surface area (Å²) < 4.78 is 0. The normalized spacial score (nSPS) is 29.9. The number of anilines is 1. The van der Waals surface area contributed by atoms with E-state index in [0.717, 1.165) is 18.1 Å². The van der Waals surface area contributed by atoms with Crippen molar-refractivity contribution in [1.29, 1.82) is 0 Å². The number of hydrogen-bond donors (Lipinski definition) is 2. The summed E-state index contributed by atoms with van der Waals surface area (Å²) in [6.07, 6.45) is 3.20. The van der Waals surface area contributed by atoms with Crippen molar-refractivity contribution in [2.45, 2.75) is 25.4 Å². The first-order valence-electron chi connectivity index (χ1n) is 6.34. The van der Waals surface area contributed by atoms with Gasteiger partial charge in [0.25, 0.3) is 5.91 Å². The first-order valence-corrected chi connectivity index (χ1v) is 7.15. The molecule has 1 saturated carbocycles. The lowest BCUT2D eigenvalue weighted by Crippen LogP contribution is -2.40. The van der Waals surface area contributed by atoms with E-state index in [4.69, 9.17) is 0 Å². The van der Waals surface area contributed by atoms with Crippen LogP contribution in [0.5, 0.6) is 0 Å². The monoisotopic (exact) mass is 267 g/mol. The van der Waals surface area contributed by atoms with E-state index in [1.54, 1.807) is 6.20 Å². The van der Waals surface area contributed by atoms with Crippen LogP contribution in [0.3, 0.4) is 0 Å². The maximum absolute atomic E-state index is 12.3. The Morgan fingerprint density at radius 2 is 2.61 bits per heavy atom. The largest absolute Gasteiger partial charge is 0.389 e. The summed E-state index contributed by atoms with van der Waals surface area (Å²) in [4.78, 5) is 19.0. The van der Waals surface area contributed by atoms with Crippen molar-refractivity contribution in [2.75, 3.05) is 25.0 Å². The fraction of sp³-hybridized carbons (Fsp3) is 0.667. The number of likely N-dealkylation sites (tertiary alicyclic amines) is 1. The zero-order valence-corrected chi connectivity index (χ0v) is 11.2. The molecule has 18 heavy (non-hydrogen) atoms. The molecule has 1 aromatic heterocycles. The quantitative estimate of drug-likeness (QED) is 0.863. The average Bonchev–Trinajstić information content (AvgIpc) is 2.80. The zero-order valence-electron chi connectivity index (χ0n) is 10.3. The van der Waals surface area contributed by atoms with E-state index in [1.165, 1.54) is 11.3 Å². The van der Waals surface area contributed by atoms with Crippen LogP contribution in [0, 0.1) is 5.92 Å². The molecule has 2 fully saturated rings. The molecule has 2 atom stereocenters. The van der Waals surface area contributed by atoms with Gasteiger partial charge in [0.05, 0.1) is 11.8 Å². The third-order valence-electron chi connectivity index (χ3n) is 3.79. The van der Waals surface area contributed by atoms with Gasteiger partial charge in [0.2, 0.25) is 0 Å². The Kier molecular flexibility index (Phi) is 2.79. The predicted octanol–water partition coefficient (Wildman–Crippen LogP) is 1.17. The molecule has 1 aliphatic heterocycles. The van der Waals surface area contributed by atoms with Gasteiger partial charge in [-0.3, -0.25) is 4.79 Å². The summed E-state index contributed by atoms with van der Waals surface area (Å²) in [6.45, 7) is 4.14. The van der Waals surface area contributed by atoms with Gasteiger partial charge in [-0.2, -0.15) is 0 Å². The molecule has 5 nitrogen and oxygen atoms in total. The van der Waals surface area contributed by atoms with Crippen molar-refractivity contribution in [3.63, 3.8) is 0 Å². The number of piperidine rings is 1. The third kappa shape index (κ3) is 1.99. The SMILES string of the molecule is CCNc1ncc(C(=O)N2CC[C@@]3(O)C[C@H]3C2)s1. The number of rotatable bonds is 3. The Hall–Kier alpha value is -1.14. The molecule has 98 valence electrons. The van der Waals surface area contributed by atoms with Gasteiger partial charge in [0.15, 0.2) is 5.13 Å². The van der Waals surface area contributed by atoms with Crippen molar-refractivity contribution in [3.8, 4) is 0 Å². The maximum atomic E-state index is 12.3. The van der Waals surface area contributed by atoms with E-state index < -0.39 is 5.60 Å². The summed E-state index contributed by atoms with van der Waals surface area (Å²) in [5.41, 5.74) is -0.459. The molecule has 0 unspecified atom stereocenters. The minimum Gasteiger partial charge on any atom is -0.389 e. The summed E-state index contributed by atoms with van der Waals surface area (Å²) in [7, 11) is 0. The minimum absolute atomic E-state index is 0.0469. The van der Waals surface area contributed by atoms with Gasteiger partial charge < -0.3 is 15.3 Å². The fourth-order valence-electron chi connectivity index (χ4n) is 2.54. The molecule has 0 spiro atoms. The molecular weight excluding hydrogens is 250 g/mol. The van der Waals surface area contributed by atoms with Crippen molar-refractivity contribution >= 4 is 22.4 Å². The summed E-state index contributed by atoms with van der Waals surface area (Å²) in [6, 6.07) is 0. The molecule has 1 aromatic rings. The third-order valence-corrected chi connectivity index (χ3v) is 4.73. The number of nitrogens with one attached hydrogen (secondary N) is 1. The van der Waals surface area contributed by atoms with Crippen LogP contribution < -0.4 is 5.32 Å². The van der Waals surface area contributed by atoms with Crippen LogP contribution >= 0.6 is 11.3 Å². The van der Waals surface area contributed by atoms with Crippen LogP contribution in [-0.2, 0) is 0 Å². The lowest BCUT2D eigenvalue weighted by Gasteiger charge is -2.28. The van der Waals surface area contributed by atoms with Crippen molar-refractivity contribution in [2.24, 2.45) is 5.92 Å². The molecule has 2 heterocycles. The van der Waals surface area contributed by atoms with E-state index in [-0.39, 0.29) is 11.8 Å². The predicted molar refractivity (Wildman–Crippen MR) is 69.9 cm³/mol. The number of aromatic nitrogens is 1. The van der Waals surface area contributed by atoms with Crippen molar-refractivity contribution < 1.29 is 9.90 Å². The van der Waals surface area contributed by atoms with Crippen LogP contribution in [-0.4, -0.2) is 46.1 Å². The van der Waals surface area contributed by atoms with Crippen LogP contribution in [0.4, 0.5) is 5.13 Å². The molecule has 1 amide bonds. The Balaban J connectivity index is 1.66. The average molecular weight is 267 g/mol. The first-order chi connectivity index (χ1) is 8.62. The Bertz CT molecular complexity index is 476. The van der Waals surface area contributed by atoms with Gasteiger partial charge in [0.1, 0.15) is 4.88 Å². The zero-order chi connectivity index (χ0) is 12.8. The highest BCUT2D eigenvalue weighted by Gasteiger charge is 2.56. The van der Waals surface area contributed by atoms with E-state index in [0.29, 0.717) is 24.4 Å². The van der Waals surface area contributed by atoms with Gasteiger partial charge in [-0.25, -0.2) is 4.98 Å². The van der Waals surface area contributed by atoms with E-state index >= 15 is 0 Å². The first kappa shape index (κ1) is 11.9. The number of nitrogens with zero attached hydrogens (tertiary/aromatic N) is 2. The lowest BCUT2D eigenvalue weighted by atomic mass is 10.1. The second-order valence-corrected chi connectivity index (χ2v) is 6.10. The molecule has 1 aliphatic carbocycles. The van der Waals surface area contributed by atoms with Crippen LogP contribution in [0.2, 0.25) is 0 Å². The van der Waals surface area contributed by atoms with Crippen LogP contribution in [0.25, 0.3) is 0 Å². The van der Waals surface area contributed by atoms with Crippen molar-refractivity contribution in [1.82, 2.24) is 9.88 Å². The summed E-state index contributed by atoms with van der Waals surface area (Å²) >= 11 is 1.40. The summed E-state index contributed by atoms with van der Waals surface area (Å²) in [5.74, 6) is 0.335. The number of carbonyl (C=O) groups is 1. The number of aliphatic hydroxyl groups is 1. The topological polar surface area (TPSA) is 65.5 Å². The highest BCUT2D eigenvalue weighted by atomic mass is 32.1. The lowest BCUT2D eigenvalue weighted by molar-refractivity contribution is 0.0486. The standard InChI is InChI=1S/C12H17N3O2S/c1-2-13-11-14-6-9(18-11)10(16)15-4-3-12(17)5-8(12)7-15/h6,8,17H,2-5,7H2,1H3,(H,13,14)/t8-,12+/m0/s1. The highest BCUT2D eigenvalue weighted by Crippen LogP contribution is 2.49. The molecule has 6 heteroatoms. The van der Waals surface area contributed by atoms with Gasteiger partial charge in [-0.05, 0) is 19.8 Å². The molecule has 2 N–H and O–H groups in total. The fourth-order valence-corrected chi connectivity index (χ4v) is 3.39. The molecule has 2 aliphatic rings. The second kappa shape index (κ2) is 4.20. The molecule has 1 saturated heterocycles. The second-order valence-electron chi connectivity index (χ2n) is 5.07. The van der Waals surface area contributed by atoms with E-state index in [2.05, 4.69) is 10.3 Å². The minimum atomic E-state index is -0.459.